The molecule has 0 fully saturated rings. The van der Waals surface area contributed by atoms with Crippen LogP contribution in [0.2, 0.25) is 0 Å². The number of hydrogen-bond donors (Lipinski definition) is 1. The number of alkyl carbamates (subject to hydrolysis) is 1. The highest BCUT2D eigenvalue weighted by Crippen LogP contribution is 2.14. The van der Waals surface area contributed by atoms with Gasteiger partial charge in [-0.2, -0.15) is 0 Å². The molecule has 1 heterocycles. The van der Waals surface area contributed by atoms with E-state index in [-0.39, 0.29) is 6.04 Å². The largest absolute Gasteiger partial charge is 0.444 e. The third-order valence-corrected chi connectivity index (χ3v) is 2.42. The van der Waals surface area contributed by atoms with E-state index in [0.717, 1.165) is 5.69 Å². The fraction of sp³-hybridized carbons (Fsp3) is 0.571. The Morgan fingerprint density at radius 3 is 2.89 bits per heavy atom. The molecule has 1 aromatic heterocycles. The molecule has 0 radical (unpaired) electrons. The van der Waals surface area contributed by atoms with Gasteiger partial charge in [0.1, 0.15) is 5.60 Å². The monoisotopic (exact) mass is 263 g/mol. The molecule has 5 heteroatoms. The molecule has 1 atom stereocenters. The first kappa shape index (κ1) is 15.1. The zero-order valence-electron chi connectivity index (χ0n) is 11.9. The van der Waals surface area contributed by atoms with Gasteiger partial charge in [-0.15, -0.1) is 12.3 Å². The van der Waals surface area contributed by atoms with Crippen LogP contribution >= 0.6 is 0 Å². The second-order valence-corrected chi connectivity index (χ2v) is 5.33. The van der Waals surface area contributed by atoms with E-state index in [0.29, 0.717) is 13.0 Å². The quantitative estimate of drug-likeness (QED) is 0.849. The standard InChI is InChI=1S/C14H21N3O2/c1-6-7-8-17-10-15-9-12(17)11(2)16-13(18)19-14(3,4)5/h1,9-11H,7-8H2,2-5H3,(H,16,18). The van der Waals surface area contributed by atoms with E-state index in [1.54, 1.807) is 12.5 Å². The van der Waals surface area contributed by atoms with Crippen LogP contribution in [0.25, 0.3) is 0 Å². The van der Waals surface area contributed by atoms with Crippen LogP contribution in [0.5, 0.6) is 0 Å². The molecule has 0 aliphatic carbocycles. The third-order valence-electron chi connectivity index (χ3n) is 2.42. The zero-order chi connectivity index (χ0) is 14.5. The summed E-state index contributed by atoms with van der Waals surface area (Å²) in [5, 5.41) is 2.78. The Morgan fingerprint density at radius 2 is 2.32 bits per heavy atom. The predicted molar refractivity (Wildman–Crippen MR) is 73.5 cm³/mol. The molecule has 0 aliphatic rings. The van der Waals surface area contributed by atoms with Crippen molar-refractivity contribution in [3.05, 3.63) is 18.2 Å². The van der Waals surface area contributed by atoms with Crippen molar-refractivity contribution in [2.45, 2.75) is 52.3 Å². The number of terminal acetylenes is 1. The summed E-state index contributed by atoms with van der Waals surface area (Å²) >= 11 is 0. The second kappa shape index (κ2) is 6.28. The summed E-state index contributed by atoms with van der Waals surface area (Å²) in [5.74, 6) is 2.58. The van der Waals surface area contributed by atoms with Gasteiger partial charge in [-0.25, -0.2) is 9.78 Å². The number of nitrogens with zero attached hydrogens (tertiary/aromatic N) is 2. The molecule has 1 aromatic rings. The minimum absolute atomic E-state index is 0.185. The maximum atomic E-state index is 11.7. The highest BCUT2D eigenvalue weighted by molar-refractivity contribution is 5.68. The van der Waals surface area contributed by atoms with Crippen LogP contribution in [0, 0.1) is 12.3 Å². The van der Waals surface area contributed by atoms with E-state index in [2.05, 4.69) is 16.2 Å². The highest BCUT2D eigenvalue weighted by Gasteiger charge is 2.19. The summed E-state index contributed by atoms with van der Waals surface area (Å²) in [5.41, 5.74) is 0.397. The van der Waals surface area contributed by atoms with E-state index in [4.69, 9.17) is 11.2 Å². The van der Waals surface area contributed by atoms with Crippen LogP contribution in [-0.4, -0.2) is 21.2 Å². The minimum atomic E-state index is -0.506. The fourth-order valence-electron chi connectivity index (χ4n) is 1.62. The molecule has 1 rings (SSSR count). The Kier molecular flexibility index (Phi) is 4.99. The van der Waals surface area contributed by atoms with E-state index in [9.17, 15) is 4.79 Å². The van der Waals surface area contributed by atoms with Gasteiger partial charge in [0.05, 0.1) is 24.3 Å². The molecular formula is C14H21N3O2. The first-order valence-corrected chi connectivity index (χ1v) is 6.26. The van der Waals surface area contributed by atoms with Gasteiger partial charge >= 0.3 is 6.09 Å². The topological polar surface area (TPSA) is 56.2 Å². The highest BCUT2D eigenvalue weighted by atomic mass is 16.6. The van der Waals surface area contributed by atoms with Gasteiger partial charge in [0.2, 0.25) is 0 Å². The number of hydrogen-bond acceptors (Lipinski definition) is 3. The smallest absolute Gasteiger partial charge is 0.408 e. The molecule has 1 unspecified atom stereocenters. The van der Waals surface area contributed by atoms with Crippen LogP contribution in [0.4, 0.5) is 4.79 Å². The number of amides is 1. The lowest BCUT2D eigenvalue weighted by molar-refractivity contribution is 0.0506. The SMILES string of the molecule is C#CCCn1cncc1C(C)NC(=O)OC(C)(C)C. The molecule has 0 aliphatic heterocycles. The summed E-state index contributed by atoms with van der Waals surface area (Å²) in [4.78, 5) is 15.8. The summed E-state index contributed by atoms with van der Waals surface area (Å²) < 4.78 is 7.15. The lowest BCUT2D eigenvalue weighted by atomic mass is 10.2. The molecule has 0 spiro atoms. The molecule has 5 nitrogen and oxygen atoms in total. The van der Waals surface area contributed by atoms with Gasteiger partial charge in [0.15, 0.2) is 0 Å². The van der Waals surface area contributed by atoms with Gasteiger partial charge in [0, 0.05) is 13.0 Å². The minimum Gasteiger partial charge on any atom is -0.444 e. The Hall–Kier alpha value is -1.96. The maximum absolute atomic E-state index is 11.7. The van der Waals surface area contributed by atoms with Crippen molar-refractivity contribution < 1.29 is 9.53 Å². The van der Waals surface area contributed by atoms with Crippen molar-refractivity contribution in [3.8, 4) is 12.3 Å². The van der Waals surface area contributed by atoms with E-state index >= 15 is 0 Å². The normalized spacial score (nSPS) is 12.6. The van der Waals surface area contributed by atoms with Crippen molar-refractivity contribution in [1.29, 1.82) is 0 Å². The average Bonchev–Trinajstić information content (AvgIpc) is 2.71. The molecule has 19 heavy (non-hydrogen) atoms. The van der Waals surface area contributed by atoms with Gasteiger partial charge in [0.25, 0.3) is 0 Å². The molecule has 0 bridgehead atoms. The number of aromatic nitrogens is 2. The number of ether oxygens (including phenoxy) is 1. The first-order valence-electron chi connectivity index (χ1n) is 6.26. The first-order chi connectivity index (χ1) is 8.83. The van der Waals surface area contributed by atoms with Crippen LogP contribution < -0.4 is 5.32 Å². The lowest BCUT2D eigenvalue weighted by Gasteiger charge is -2.22. The van der Waals surface area contributed by atoms with Gasteiger partial charge < -0.3 is 14.6 Å². The summed E-state index contributed by atoms with van der Waals surface area (Å²) in [6.45, 7) is 8.05. The zero-order valence-corrected chi connectivity index (χ0v) is 11.9. The lowest BCUT2D eigenvalue weighted by Crippen LogP contribution is -2.34. The van der Waals surface area contributed by atoms with Gasteiger partial charge in [-0.05, 0) is 27.7 Å². The number of nitrogens with one attached hydrogen (secondary N) is 1. The molecule has 0 saturated heterocycles. The Balaban J connectivity index is 2.63. The van der Waals surface area contributed by atoms with Crippen molar-refractivity contribution >= 4 is 6.09 Å². The van der Waals surface area contributed by atoms with Crippen LogP contribution in [-0.2, 0) is 11.3 Å². The summed E-state index contributed by atoms with van der Waals surface area (Å²) in [6.07, 6.45) is 8.86. The summed E-state index contributed by atoms with van der Waals surface area (Å²) in [7, 11) is 0. The average molecular weight is 263 g/mol. The number of aryl methyl sites for hydroxylation is 1. The van der Waals surface area contributed by atoms with Gasteiger partial charge in [-0.3, -0.25) is 0 Å². The van der Waals surface area contributed by atoms with Crippen molar-refractivity contribution in [3.63, 3.8) is 0 Å². The molecule has 104 valence electrons. The molecule has 1 N–H and O–H groups in total. The molecule has 0 aromatic carbocycles. The maximum Gasteiger partial charge on any atom is 0.408 e. The van der Waals surface area contributed by atoms with E-state index < -0.39 is 11.7 Å². The van der Waals surface area contributed by atoms with Crippen LogP contribution in [0.15, 0.2) is 12.5 Å². The van der Waals surface area contributed by atoms with Gasteiger partial charge in [-0.1, -0.05) is 0 Å². The van der Waals surface area contributed by atoms with Crippen molar-refractivity contribution in [2.24, 2.45) is 0 Å². The van der Waals surface area contributed by atoms with E-state index in [1.807, 2.05) is 32.3 Å². The predicted octanol–water partition coefficient (Wildman–Crippen LogP) is 2.49. The van der Waals surface area contributed by atoms with E-state index in [1.165, 1.54) is 0 Å². The Labute approximate surface area is 114 Å². The number of carbonyl (C=O) groups excluding carboxylic acids is 1. The summed E-state index contributed by atoms with van der Waals surface area (Å²) in [6, 6.07) is -0.185. The number of rotatable bonds is 4. The Morgan fingerprint density at radius 1 is 1.63 bits per heavy atom. The van der Waals surface area contributed by atoms with Crippen molar-refractivity contribution in [1.82, 2.24) is 14.9 Å². The van der Waals surface area contributed by atoms with Crippen molar-refractivity contribution in [2.75, 3.05) is 0 Å². The number of carbonyl (C=O) groups is 1. The Bertz CT molecular complexity index is 466. The molecular weight excluding hydrogens is 242 g/mol. The molecule has 1 amide bonds. The third kappa shape index (κ3) is 5.04. The van der Waals surface area contributed by atoms with Crippen LogP contribution in [0.3, 0.4) is 0 Å². The van der Waals surface area contributed by atoms with Crippen LogP contribution in [0.1, 0.15) is 45.9 Å². The fourth-order valence-corrected chi connectivity index (χ4v) is 1.62. The number of imidazole rings is 1. The second-order valence-electron chi connectivity index (χ2n) is 5.33. The molecule has 0 saturated carbocycles.